The van der Waals surface area contributed by atoms with Gasteiger partial charge in [0.05, 0.1) is 18.6 Å². The molecule has 1 aliphatic rings. The van der Waals surface area contributed by atoms with Crippen molar-refractivity contribution in [1.29, 1.82) is 0 Å². The van der Waals surface area contributed by atoms with Gasteiger partial charge < -0.3 is 9.47 Å². The van der Waals surface area contributed by atoms with Crippen LogP contribution in [0.3, 0.4) is 0 Å². The van der Waals surface area contributed by atoms with Crippen molar-refractivity contribution in [3.05, 3.63) is 30.3 Å². The Labute approximate surface area is 89.0 Å². The van der Waals surface area contributed by atoms with E-state index in [4.69, 9.17) is 9.47 Å². The number of hydrogen-bond acceptors (Lipinski definition) is 3. The molecule has 0 unspecified atom stereocenters. The van der Waals surface area contributed by atoms with Crippen LogP contribution in [0.15, 0.2) is 30.3 Å². The van der Waals surface area contributed by atoms with Crippen molar-refractivity contribution in [3.8, 4) is 5.75 Å². The molecular formula is C12H14O3. The zero-order valence-electron chi connectivity index (χ0n) is 8.68. The maximum atomic E-state index is 11.7. The van der Waals surface area contributed by atoms with Crippen LogP contribution in [0.5, 0.6) is 5.75 Å². The Morgan fingerprint density at radius 1 is 1.40 bits per heavy atom. The summed E-state index contributed by atoms with van der Waals surface area (Å²) in [5.74, 6) is 0.299. The summed E-state index contributed by atoms with van der Waals surface area (Å²) >= 11 is 0. The highest BCUT2D eigenvalue weighted by Crippen LogP contribution is 2.21. The molecular weight excluding hydrogens is 192 g/mol. The summed E-state index contributed by atoms with van der Waals surface area (Å²) in [6.45, 7) is 2.45. The number of esters is 1. The first-order chi connectivity index (χ1) is 7.25. The molecule has 1 fully saturated rings. The molecule has 1 aromatic rings. The SMILES string of the molecule is C[C@@H]1C[C@@H](C(=O)Oc2ccccc2)CO1. The largest absolute Gasteiger partial charge is 0.426 e. The van der Waals surface area contributed by atoms with Crippen molar-refractivity contribution in [2.75, 3.05) is 6.61 Å². The summed E-state index contributed by atoms with van der Waals surface area (Å²) in [4.78, 5) is 11.7. The predicted molar refractivity (Wildman–Crippen MR) is 55.6 cm³/mol. The van der Waals surface area contributed by atoms with E-state index in [9.17, 15) is 4.79 Å². The summed E-state index contributed by atoms with van der Waals surface area (Å²) < 4.78 is 10.6. The van der Waals surface area contributed by atoms with Crippen molar-refractivity contribution in [1.82, 2.24) is 0 Å². The maximum absolute atomic E-state index is 11.7. The molecule has 2 atom stereocenters. The van der Waals surface area contributed by atoms with Crippen LogP contribution in [-0.2, 0) is 9.53 Å². The Hall–Kier alpha value is -1.35. The van der Waals surface area contributed by atoms with Crippen molar-refractivity contribution >= 4 is 5.97 Å². The van der Waals surface area contributed by atoms with Crippen LogP contribution in [0, 0.1) is 5.92 Å². The first kappa shape index (κ1) is 10.2. The molecule has 0 bridgehead atoms. The molecule has 1 saturated heterocycles. The van der Waals surface area contributed by atoms with E-state index in [2.05, 4.69) is 0 Å². The fraction of sp³-hybridized carbons (Fsp3) is 0.417. The van der Waals surface area contributed by atoms with Gasteiger partial charge in [-0.3, -0.25) is 4.79 Å². The van der Waals surface area contributed by atoms with Crippen LogP contribution in [0.25, 0.3) is 0 Å². The van der Waals surface area contributed by atoms with Crippen LogP contribution in [0.1, 0.15) is 13.3 Å². The minimum Gasteiger partial charge on any atom is -0.426 e. The van der Waals surface area contributed by atoms with Crippen LogP contribution < -0.4 is 4.74 Å². The second-order valence-corrected chi connectivity index (χ2v) is 3.81. The summed E-state index contributed by atoms with van der Waals surface area (Å²) in [7, 11) is 0. The highest BCUT2D eigenvalue weighted by molar-refractivity contribution is 5.75. The van der Waals surface area contributed by atoms with E-state index in [0.717, 1.165) is 6.42 Å². The van der Waals surface area contributed by atoms with Gasteiger partial charge in [0, 0.05) is 0 Å². The molecule has 15 heavy (non-hydrogen) atoms. The van der Waals surface area contributed by atoms with E-state index >= 15 is 0 Å². The number of hydrogen-bond donors (Lipinski definition) is 0. The summed E-state index contributed by atoms with van der Waals surface area (Å²) in [6, 6.07) is 9.12. The van der Waals surface area contributed by atoms with Crippen LogP contribution in [0.4, 0.5) is 0 Å². The molecule has 0 aliphatic carbocycles. The van der Waals surface area contributed by atoms with Gasteiger partial charge in [0.1, 0.15) is 5.75 Å². The topological polar surface area (TPSA) is 35.5 Å². The Morgan fingerprint density at radius 3 is 2.73 bits per heavy atom. The van der Waals surface area contributed by atoms with Crippen LogP contribution >= 0.6 is 0 Å². The Balaban J connectivity index is 1.93. The minimum absolute atomic E-state index is 0.111. The minimum atomic E-state index is -0.189. The third-order valence-electron chi connectivity index (χ3n) is 2.49. The van der Waals surface area contributed by atoms with Crippen molar-refractivity contribution in [2.45, 2.75) is 19.4 Å². The summed E-state index contributed by atoms with van der Waals surface area (Å²) in [6.07, 6.45) is 0.921. The number of rotatable bonds is 2. The fourth-order valence-electron chi connectivity index (χ4n) is 1.67. The van der Waals surface area contributed by atoms with Gasteiger partial charge in [-0.2, -0.15) is 0 Å². The molecule has 3 heteroatoms. The third kappa shape index (κ3) is 2.57. The number of ether oxygens (including phenoxy) is 2. The molecule has 0 saturated carbocycles. The van der Waals surface area contributed by atoms with E-state index in [0.29, 0.717) is 12.4 Å². The Kier molecular flexibility index (Phi) is 3.02. The zero-order chi connectivity index (χ0) is 10.7. The first-order valence-corrected chi connectivity index (χ1v) is 5.14. The predicted octanol–water partition coefficient (Wildman–Crippen LogP) is 2.02. The molecule has 0 radical (unpaired) electrons. The lowest BCUT2D eigenvalue weighted by molar-refractivity contribution is -0.138. The highest BCUT2D eigenvalue weighted by Gasteiger charge is 2.29. The molecule has 0 amide bonds. The molecule has 1 aromatic carbocycles. The number of carbonyl (C=O) groups is 1. The van der Waals surface area contributed by atoms with E-state index in [1.165, 1.54) is 0 Å². The molecule has 3 nitrogen and oxygen atoms in total. The summed E-state index contributed by atoms with van der Waals surface area (Å²) in [5, 5.41) is 0. The number of carbonyl (C=O) groups excluding carboxylic acids is 1. The monoisotopic (exact) mass is 206 g/mol. The van der Waals surface area contributed by atoms with E-state index < -0.39 is 0 Å². The van der Waals surface area contributed by atoms with Gasteiger partial charge in [0.2, 0.25) is 0 Å². The van der Waals surface area contributed by atoms with Gasteiger partial charge in [0.15, 0.2) is 0 Å². The first-order valence-electron chi connectivity index (χ1n) is 5.14. The van der Waals surface area contributed by atoms with E-state index in [-0.39, 0.29) is 18.0 Å². The molecule has 1 heterocycles. The second-order valence-electron chi connectivity index (χ2n) is 3.81. The zero-order valence-corrected chi connectivity index (χ0v) is 8.68. The fourth-order valence-corrected chi connectivity index (χ4v) is 1.67. The molecule has 80 valence electrons. The Bertz CT molecular complexity index is 334. The van der Waals surface area contributed by atoms with Crippen molar-refractivity contribution < 1.29 is 14.3 Å². The van der Waals surface area contributed by atoms with Crippen LogP contribution in [0.2, 0.25) is 0 Å². The lowest BCUT2D eigenvalue weighted by Crippen LogP contribution is -2.20. The third-order valence-corrected chi connectivity index (χ3v) is 2.49. The molecule has 2 rings (SSSR count). The van der Waals surface area contributed by atoms with Gasteiger partial charge in [-0.1, -0.05) is 18.2 Å². The average molecular weight is 206 g/mol. The number of para-hydroxylation sites is 1. The van der Waals surface area contributed by atoms with Gasteiger partial charge in [0.25, 0.3) is 0 Å². The lowest BCUT2D eigenvalue weighted by Gasteiger charge is -2.07. The number of benzene rings is 1. The van der Waals surface area contributed by atoms with Gasteiger partial charge in [-0.05, 0) is 25.5 Å². The normalized spacial score (nSPS) is 25.1. The lowest BCUT2D eigenvalue weighted by atomic mass is 10.1. The van der Waals surface area contributed by atoms with E-state index in [1.54, 1.807) is 12.1 Å². The average Bonchev–Trinajstić information content (AvgIpc) is 2.66. The maximum Gasteiger partial charge on any atom is 0.316 e. The van der Waals surface area contributed by atoms with Gasteiger partial charge in [-0.25, -0.2) is 0 Å². The molecule has 0 spiro atoms. The molecule has 0 aromatic heterocycles. The van der Waals surface area contributed by atoms with Crippen LogP contribution in [-0.4, -0.2) is 18.7 Å². The van der Waals surface area contributed by atoms with E-state index in [1.807, 2.05) is 25.1 Å². The van der Waals surface area contributed by atoms with Crippen molar-refractivity contribution in [3.63, 3.8) is 0 Å². The quantitative estimate of drug-likeness (QED) is 0.548. The highest BCUT2D eigenvalue weighted by atomic mass is 16.5. The molecule has 1 aliphatic heterocycles. The molecule has 0 N–H and O–H groups in total. The Morgan fingerprint density at radius 2 is 2.13 bits per heavy atom. The summed E-state index contributed by atoms with van der Waals surface area (Å²) in [5.41, 5.74) is 0. The van der Waals surface area contributed by atoms with Gasteiger partial charge in [-0.15, -0.1) is 0 Å². The standard InChI is InChI=1S/C12H14O3/c1-9-7-10(8-14-9)12(13)15-11-5-3-2-4-6-11/h2-6,9-10H,7-8H2,1H3/t9-,10-/m1/s1. The smallest absolute Gasteiger partial charge is 0.316 e. The van der Waals surface area contributed by atoms with Gasteiger partial charge >= 0.3 is 5.97 Å². The second kappa shape index (κ2) is 4.45. The van der Waals surface area contributed by atoms with Crippen molar-refractivity contribution in [2.24, 2.45) is 5.92 Å².